The highest BCUT2D eigenvalue weighted by Crippen LogP contribution is 2.29. The average Bonchev–Trinajstić information content (AvgIpc) is 3.30. The van der Waals surface area contributed by atoms with E-state index in [9.17, 15) is 9.59 Å². The summed E-state index contributed by atoms with van der Waals surface area (Å²) in [6, 6.07) is 4.90. The molecule has 2 amide bonds. The number of piperidine rings is 2. The van der Waals surface area contributed by atoms with Gasteiger partial charge in [-0.1, -0.05) is 23.2 Å². The lowest BCUT2D eigenvalue weighted by Crippen LogP contribution is -2.49. The van der Waals surface area contributed by atoms with Gasteiger partial charge in [0.05, 0.1) is 29.2 Å². The number of benzene rings is 1. The molecule has 4 rings (SSSR count). The number of halogens is 2. The lowest BCUT2D eigenvalue weighted by atomic mass is 9.92. The zero-order valence-electron chi connectivity index (χ0n) is 16.3. The predicted molar refractivity (Wildman–Crippen MR) is 110 cm³/mol. The van der Waals surface area contributed by atoms with Gasteiger partial charge in [-0.05, 0) is 43.9 Å². The molecular formula is C21H26Cl2N2O4. The van der Waals surface area contributed by atoms with Crippen LogP contribution in [0.3, 0.4) is 0 Å². The number of carbonyl (C=O) groups excluding carboxylic acids is 2. The van der Waals surface area contributed by atoms with Crippen molar-refractivity contribution in [2.75, 3.05) is 39.4 Å². The van der Waals surface area contributed by atoms with E-state index in [-0.39, 0.29) is 24.0 Å². The van der Waals surface area contributed by atoms with Crippen molar-refractivity contribution in [1.82, 2.24) is 9.80 Å². The normalized spacial score (nSPS) is 24.1. The Kier molecular flexibility index (Phi) is 6.64. The minimum Gasteiger partial charge on any atom is -0.350 e. The third-order valence-electron chi connectivity index (χ3n) is 6.11. The van der Waals surface area contributed by atoms with Gasteiger partial charge in [0.1, 0.15) is 0 Å². The van der Waals surface area contributed by atoms with Crippen molar-refractivity contribution >= 4 is 35.0 Å². The predicted octanol–water partition coefficient (Wildman–Crippen LogP) is 3.46. The van der Waals surface area contributed by atoms with Crippen LogP contribution in [0.5, 0.6) is 0 Å². The van der Waals surface area contributed by atoms with Crippen LogP contribution in [-0.2, 0) is 14.3 Å². The fraction of sp³-hybridized carbons (Fsp3) is 0.619. The summed E-state index contributed by atoms with van der Waals surface area (Å²) in [7, 11) is 0. The maximum Gasteiger partial charge on any atom is 0.253 e. The molecule has 0 aromatic heterocycles. The van der Waals surface area contributed by atoms with Gasteiger partial charge in [0, 0.05) is 37.7 Å². The van der Waals surface area contributed by atoms with Crippen LogP contribution in [0.2, 0.25) is 10.0 Å². The highest BCUT2D eigenvalue weighted by molar-refractivity contribution is 6.42. The summed E-state index contributed by atoms with van der Waals surface area (Å²) in [6.07, 6.45) is 3.33. The molecule has 0 spiro atoms. The standard InChI is InChI=1S/C21H26Cl2N2O4/c22-17-4-3-15(12-18(17)23)19(26)25-7-1-2-16(13-25)20(27)24-8-5-14(6-9-24)21-28-10-11-29-21/h3-4,12,14,16,21H,1-2,5-11,13H2. The molecular weight excluding hydrogens is 415 g/mol. The number of carbonyl (C=O) groups is 2. The Morgan fingerprint density at radius 2 is 1.66 bits per heavy atom. The van der Waals surface area contributed by atoms with Gasteiger partial charge < -0.3 is 19.3 Å². The molecule has 0 bridgehead atoms. The van der Waals surface area contributed by atoms with Crippen LogP contribution in [0.1, 0.15) is 36.0 Å². The fourth-order valence-electron chi connectivity index (χ4n) is 4.47. The van der Waals surface area contributed by atoms with Gasteiger partial charge in [0.15, 0.2) is 6.29 Å². The van der Waals surface area contributed by atoms with E-state index >= 15 is 0 Å². The first-order valence-electron chi connectivity index (χ1n) is 10.3. The number of amides is 2. The number of likely N-dealkylation sites (tertiary alicyclic amines) is 2. The number of hydrogen-bond acceptors (Lipinski definition) is 4. The molecule has 0 saturated carbocycles. The average molecular weight is 441 g/mol. The Hall–Kier alpha value is -1.34. The van der Waals surface area contributed by atoms with Crippen molar-refractivity contribution in [1.29, 1.82) is 0 Å². The molecule has 0 N–H and O–H groups in total. The van der Waals surface area contributed by atoms with Gasteiger partial charge in [-0.25, -0.2) is 0 Å². The first-order valence-corrected chi connectivity index (χ1v) is 11.0. The van der Waals surface area contributed by atoms with Crippen LogP contribution < -0.4 is 0 Å². The Labute approximate surface area is 181 Å². The van der Waals surface area contributed by atoms with E-state index in [1.807, 2.05) is 4.90 Å². The van der Waals surface area contributed by atoms with Crippen LogP contribution in [0.15, 0.2) is 18.2 Å². The van der Waals surface area contributed by atoms with E-state index in [1.165, 1.54) is 0 Å². The summed E-state index contributed by atoms with van der Waals surface area (Å²) in [4.78, 5) is 29.7. The van der Waals surface area contributed by atoms with Crippen LogP contribution >= 0.6 is 23.2 Å². The number of nitrogens with zero attached hydrogens (tertiary/aromatic N) is 2. The zero-order chi connectivity index (χ0) is 20.4. The summed E-state index contributed by atoms with van der Waals surface area (Å²) >= 11 is 12.0. The largest absolute Gasteiger partial charge is 0.350 e. The smallest absolute Gasteiger partial charge is 0.253 e. The Balaban J connectivity index is 1.33. The van der Waals surface area contributed by atoms with Gasteiger partial charge in [0.25, 0.3) is 5.91 Å². The van der Waals surface area contributed by atoms with E-state index in [0.29, 0.717) is 47.8 Å². The van der Waals surface area contributed by atoms with Gasteiger partial charge in [-0.2, -0.15) is 0 Å². The zero-order valence-corrected chi connectivity index (χ0v) is 17.8. The minimum atomic E-state index is -0.147. The van der Waals surface area contributed by atoms with E-state index in [2.05, 4.69) is 0 Å². The monoisotopic (exact) mass is 440 g/mol. The molecule has 3 aliphatic heterocycles. The molecule has 3 saturated heterocycles. The quantitative estimate of drug-likeness (QED) is 0.721. The van der Waals surface area contributed by atoms with Gasteiger partial charge in [-0.3, -0.25) is 9.59 Å². The second-order valence-electron chi connectivity index (χ2n) is 7.99. The molecule has 6 nitrogen and oxygen atoms in total. The number of rotatable bonds is 3. The SMILES string of the molecule is O=C(c1ccc(Cl)c(Cl)c1)N1CCCC(C(=O)N2CCC(C3OCCO3)CC2)C1. The summed E-state index contributed by atoms with van der Waals surface area (Å²) in [6.45, 7) is 3.88. The first-order chi connectivity index (χ1) is 14.0. The molecule has 1 aromatic rings. The van der Waals surface area contributed by atoms with E-state index in [0.717, 1.165) is 38.8 Å². The van der Waals surface area contributed by atoms with Crippen molar-refractivity contribution in [3.63, 3.8) is 0 Å². The van der Waals surface area contributed by atoms with E-state index in [4.69, 9.17) is 32.7 Å². The van der Waals surface area contributed by atoms with Gasteiger partial charge in [0.2, 0.25) is 5.91 Å². The molecule has 3 heterocycles. The maximum atomic E-state index is 13.1. The second-order valence-corrected chi connectivity index (χ2v) is 8.81. The lowest BCUT2D eigenvalue weighted by molar-refractivity contribution is -0.142. The minimum absolute atomic E-state index is 0.102. The van der Waals surface area contributed by atoms with Crippen LogP contribution in [0.4, 0.5) is 0 Å². The van der Waals surface area contributed by atoms with Crippen molar-refractivity contribution in [3.05, 3.63) is 33.8 Å². The Bertz CT molecular complexity index is 761. The molecule has 3 fully saturated rings. The molecule has 8 heteroatoms. The molecule has 1 atom stereocenters. The van der Waals surface area contributed by atoms with Gasteiger partial charge in [-0.15, -0.1) is 0 Å². The molecule has 29 heavy (non-hydrogen) atoms. The molecule has 3 aliphatic rings. The van der Waals surface area contributed by atoms with Crippen molar-refractivity contribution < 1.29 is 19.1 Å². The number of ether oxygens (including phenoxy) is 2. The summed E-state index contributed by atoms with van der Waals surface area (Å²) < 4.78 is 11.2. The maximum absolute atomic E-state index is 13.1. The molecule has 1 aromatic carbocycles. The van der Waals surface area contributed by atoms with Crippen molar-refractivity contribution in [2.45, 2.75) is 32.0 Å². The first kappa shape index (κ1) is 20.9. The van der Waals surface area contributed by atoms with Crippen molar-refractivity contribution in [3.8, 4) is 0 Å². The fourth-order valence-corrected chi connectivity index (χ4v) is 4.77. The second kappa shape index (κ2) is 9.21. The highest BCUT2D eigenvalue weighted by atomic mass is 35.5. The summed E-state index contributed by atoms with van der Waals surface area (Å²) in [5.41, 5.74) is 0.505. The Morgan fingerprint density at radius 1 is 0.931 bits per heavy atom. The summed E-state index contributed by atoms with van der Waals surface area (Å²) in [5.74, 6) is 0.269. The molecule has 0 radical (unpaired) electrons. The lowest BCUT2D eigenvalue weighted by Gasteiger charge is -2.38. The third-order valence-corrected chi connectivity index (χ3v) is 6.85. The van der Waals surface area contributed by atoms with Crippen LogP contribution in [0, 0.1) is 11.8 Å². The van der Waals surface area contributed by atoms with Crippen molar-refractivity contribution in [2.24, 2.45) is 11.8 Å². The van der Waals surface area contributed by atoms with Gasteiger partial charge >= 0.3 is 0 Å². The van der Waals surface area contributed by atoms with Crippen LogP contribution in [-0.4, -0.2) is 67.3 Å². The third kappa shape index (κ3) is 4.71. The topological polar surface area (TPSA) is 59.1 Å². The molecule has 1 unspecified atom stereocenters. The van der Waals surface area contributed by atoms with Crippen LogP contribution in [0.25, 0.3) is 0 Å². The molecule has 0 aliphatic carbocycles. The Morgan fingerprint density at radius 3 is 2.34 bits per heavy atom. The summed E-state index contributed by atoms with van der Waals surface area (Å²) in [5, 5.41) is 0.784. The highest BCUT2D eigenvalue weighted by Gasteiger charge is 2.36. The molecule has 158 valence electrons. The van der Waals surface area contributed by atoms with E-state index < -0.39 is 0 Å². The number of hydrogen-bond donors (Lipinski definition) is 0. The van der Waals surface area contributed by atoms with E-state index in [1.54, 1.807) is 23.1 Å².